The first-order chi connectivity index (χ1) is 20.9. The van der Waals surface area contributed by atoms with Gasteiger partial charge in [0.1, 0.15) is 0 Å². The molecule has 0 unspecified atom stereocenters. The van der Waals surface area contributed by atoms with Gasteiger partial charge in [-0.3, -0.25) is 14.6 Å². The molecule has 2 atom stereocenters. The van der Waals surface area contributed by atoms with Gasteiger partial charge in [-0.1, -0.05) is 23.7 Å². The van der Waals surface area contributed by atoms with E-state index in [0.29, 0.717) is 11.0 Å². The van der Waals surface area contributed by atoms with Crippen molar-refractivity contribution >= 4 is 62.6 Å². The molecule has 0 aliphatic carbocycles. The van der Waals surface area contributed by atoms with Gasteiger partial charge in [0.25, 0.3) is 0 Å². The fourth-order valence-electron chi connectivity index (χ4n) is 5.29. The molecule has 1 aliphatic rings. The minimum Gasteiger partial charge on any atom is -0.349 e. The van der Waals surface area contributed by atoms with Crippen molar-refractivity contribution in [2.45, 2.75) is 29.8 Å². The zero-order valence-corrected chi connectivity index (χ0v) is 27.8. The van der Waals surface area contributed by atoms with E-state index in [1.165, 1.54) is 14.1 Å². The molecule has 0 saturated carbocycles. The van der Waals surface area contributed by atoms with E-state index in [4.69, 9.17) is 11.6 Å². The fourth-order valence-corrected chi connectivity index (χ4v) is 7.02. The molecule has 2 amide bonds. The molecule has 2 aromatic carbocycles. The molecule has 4 aromatic rings. The molecule has 2 aromatic heterocycles. The highest BCUT2D eigenvalue weighted by molar-refractivity contribution is 7.89. The first-order valence-corrected chi connectivity index (χ1v) is 15.9. The summed E-state index contributed by atoms with van der Waals surface area (Å²) in [5.41, 5.74) is 1.66. The number of amides is 2. The molecule has 0 radical (unpaired) electrons. The lowest BCUT2D eigenvalue weighted by Crippen LogP contribution is -2.62. The zero-order valence-electron chi connectivity index (χ0n) is 25.4. The first-order valence-electron chi connectivity index (χ1n) is 14.0. The van der Waals surface area contributed by atoms with Gasteiger partial charge in [0.05, 0.1) is 17.0 Å². The molecular formula is C31H35Cl2N7O4S. The van der Waals surface area contributed by atoms with Crippen molar-refractivity contribution < 1.29 is 18.0 Å². The van der Waals surface area contributed by atoms with E-state index in [2.05, 4.69) is 15.0 Å². The summed E-state index contributed by atoms with van der Waals surface area (Å²) in [6.45, 7) is 0.00534. The summed E-state index contributed by atoms with van der Waals surface area (Å²) in [4.78, 5) is 44.3. The Morgan fingerprint density at radius 1 is 0.822 bits per heavy atom. The number of halogens is 2. The molecule has 0 bridgehead atoms. The molecule has 45 heavy (non-hydrogen) atoms. The smallest absolute Gasteiger partial charge is 0.243 e. The average Bonchev–Trinajstić information content (AvgIpc) is 3.01. The van der Waals surface area contributed by atoms with E-state index in [9.17, 15) is 18.0 Å². The lowest BCUT2D eigenvalue weighted by atomic mass is 10.0. The number of carbonyl (C=O) groups excluding carboxylic acids is 2. The summed E-state index contributed by atoms with van der Waals surface area (Å²) in [7, 11) is 2.59. The van der Waals surface area contributed by atoms with Crippen molar-refractivity contribution in [2.24, 2.45) is 0 Å². The van der Waals surface area contributed by atoms with Crippen LogP contribution in [0.15, 0.2) is 78.2 Å². The minimum absolute atomic E-state index is 0. The van der Waals surface area contributed by atoms with E-state index < -0.39 is 22.1 Å². The Morgan fingerprint density at radius 2 is 1.36 bits per heavy atom. The zero-order chi connectivity index (χ0) is 31.6. The van der Waals surface area contributed by atoms with Gasteiger partial charge in [-0.25, -0.2) is 18.4 Å². The lowest BCUT2D eigenvalue weighted by Gasteiger charge is -2.46. The monoisotopic (exact) mass is 671 g/mol. The van der Waals surface area contributed by atoms with Crippen LogP contribution in [0.1, 0.15) is 12.8 Å². The fraction of sp³-hybridized carbons (Fsp3) is 0.323. The molecule has 0 N–H and O–H groups in total. The van der Waals surface area contributed by atoms with Crippen LogP contribution in [-0.2, 0) is 19.6 Å². The van der Waals surface area contributed by atoms with E-state index in [1.54, 1.807) is 89.4 Å². The maximum atomic E-state index is 14.1. The number of fused-ring (bicyclic) bond motifs is 1. The predicted octanol–water partition coefficient (Wildman–Crippen LogP) is 3.97. The maximum absolute atomic E-state index is 14.1. The highest BCUT2D eigenvalue weighted by atomic mass is 35.5. The Kier molecular flexibility index (Phi) is 10.6. The van der Waals surface area contributed by atoms with Gasteiger partial charge >= 0.3 is 0 Å². The van der Waals surface area contributed by atoms with E-state index in [1.807, 2.05) is 17.0 Å². The van der Waals surface area contributed by atoms with Crippen LogP contribution in [0, 0.1) is 0 Å². The number of anilines is 1. The quantitative estimate of drug-likeness (QED) is 0.276. The summed E-state index contributed by atoms with van der Waals surface area (Å²) in [6, 6.07) is 12.6. The van der Waals surface area contributed by atoms with Gasteiger partial charge < -0.3 is 14.7 Å². The molecule has 0 spiro atoms. The van der Waals surface area contributed by atoms with Crippen LogP contribution in [0.25, 0.3) is 21.9 Å². The van der Waals surface area contributed by atoms with Crippen molar-refractivity contribution in [1.82, 2.24) is 29.1 Å². The van der Waals surface area contributed by atoms with Gasteiger partial charge in [-0.05, 0) is 52.7 Å². The van der Waals surface area contributed by atoms with E-state index >= 15 is 0 Å². The number of aromatic nitrogens is 3. The third-order valence-electron chi connectivity index (χ3n) is 7.73. The van der Waals surface area contributed by atoms with Crippen LogP contribution in [-0.4, -0.2) is 103 Å². The van der Waals surface area contributed by atoms with Crippen molar-refractivity contribution in [2.75, 3.05) is 46.2 Å². The van der Waals surface area contributed by atoms with Gasteiger partial charge in [-0.15, -0.1) is 12.4 Å². The van der Waals surface area contributed by atoms with Gasteiger partial charge in [0, 0.05) is 89.5 Å². The van der Waals surface area contributed by atoms with Crippen molar-refractivity contribution in [3.8, 4) is 11.1 Å². The Morgan fingerprint density at radius 3 is 1.91 bits per heavy atom. The van der Waals surface area contributed by atoms with Crippen LogP contribution in [0.3, 0.4) is 0 Å². The van der Waals surface area contributed by atoms with Crippen molar-refractivity contribution in [3.05, 3.63) is 78.3 Å². The number of nitrogens with zero attached hydrogens (tertiary/aromatic N) is 7. The van der Waals surface area contributed by atoms with E-state index in [0.717, 1.165) is 21.9 Å². The number of pyridine rings is 1. The average molecular weight is 673 g/mol. The molecule has 5 rings (SSSR count). The van der Waals surface area contributed by atoms with Crippen LogP contribution in [0.2, 0.25) is 5.02 Å². The highest BCUT2D eigenvalue weighted by Gasteiger charge is 2.43. The summed E-state index contributed by atoms with van der Waals surface area (Å²) < 4.78 is 29.6. The van der Waals surface area contributed by atoms with E-state index in [-0.39, 0.29) is 55.0 Å². The predicted molar refractivity (Wildman–Crippen MR) is 177 cm³/mol. The van der Waals surface area contributed by atoms with Crippen LogP contribution in [0.5, 0.6) is 0 Å². The normalized spacial score (nSPS) is 17.0. The second-order valence-corrected chi connectivity index (χ2v) is 13.6. The molecule has 238 valence electrons. The van der Waals surface area contributed by atoms with Gasteiger partial charge in [0.15, 0.2) is 0 Å². The Labute approximate surface area is 274 Å². The first kappa shape index (κ1) is 34.0. The summed E-state index contributed by atoms with van der Waals surface area (Å²) in [5, 5.41) is 2.11. The topological polar surface area (TPSA) is 120 Å². The van der Waals surface area contributed by atoms with Crippen molar-refractivity contribution in [3.63, 3.8) is 0 Å². The standard InChI is InChI=1S/C31H34ClN7O4S.ClH/c1-36(2)29(40)15-26-19-38(44(42,43)28-8-6-22-13-25(32)7-5-23(22)14-28)20-27(16-30(41)37(3)4)39(26)31-34-17-24(18-35-31)21-9-11-33-12-10-21;/h5-14,17-18,26-27H,15-16,19-20H2,1-4H3;1H/t26-,27+;. The Hall–Kier alpha value is -3.84. The lowest BCUT2D eigenvalue weighted by molar-refractivity contribution is -0.129. The Balaban J connectivity index is 0.00000461. The molecular weight excluding hydrogens is 637 g/mol. The molecule has 14 heteroatoms. The third kappa shape index (κ3) is 7.52. The minimum atomic E-state index is -4.01. The summed E-state index contributed by atoms with van der Waals surface area (Å²) in [6.07, 6.45) is 6.71. The summed E-state index contributed by atoms with van der Waals surface area (Å²) >= 11 is 6.13. The van der Waals surface area contributed by atoms with Crippen LogP contribution < -0.4 is 4.90 Å². The van der Waals surface area contributed by atoms with Gasteiger partial charge in [0.2, 0.25) is 27.8 Å². The largest absolute Gasteiger partial charge is 0.349 e. The number of sulfonamides is 1. The second-order valence-electron chi connectivity index (χ2n) is 11.2. The summed E-state index contributed by atoms with van der Waals surface area (Å²) in [5.74, 6) is -0.0589. The third-order valence-corrected chi connectivity index (χ3v) is 9.79. The molecule has 11 nitrogen and oxygen atoms in total. The molecule has 1 fully saturated rings. The number of rotatable bonds is 8. The molecule has 1 saturated heterocycles. The second kappa shape index (κ2) is 14.1. The highest BCUT2D eigenvalue weighted by Crippen LogP contribution is 2.31. The number of carbonyl (C=O) groups is 2. The van der Waals surface area contributed by atoms with Gasteiger partial charge in [-0.2, -0.15) is 4.31 Å². The molecule has 3 heterocycles. The molecule has 1 aliphatic heterocycles. The maximum Gasteiger partial charge on any atom is 0.243 e. The number of benzene rings is 2. The number of hydrogen-bond donors (Lipinski definition) is 0. The number of piperazine rings is 1. The van der Waals surface area contributed by atoms with Crippen molar-refractivity contribution in [1.29, 1.82) is 0 Å². The van der Waals surface area contributed by atoms with Crippen LogP contribution >= 0.6 is 24.0 Å². The number of hydrogen-bond acceptors (Lipinski definition) is 8. The Bertz CT molecular complexity index is 1740. The van der Waals surface area contributed by atoms with Crippen LogP contribution in [0.4, 0.5) is 5.95 Å². The SMILES string of the molecule is CN(C)C(=O)C[C@@H]1CN(S(=O)(=O)c2ccc3cc(Cl)ccc3c2)C[C@H](CC(=O)N(C)C)N1c1ncc(-c2ccncc2)cn1.Cl.